The van der Waals surface area contributed by atoms with Gasteiger partial charge < -0.3 is 9.80 Å². The molecule has 0 radical (unpaired) electrons. The summed E-state index contributed by atoms with van der Waals surface area (Å²) in [5, 5.41) is 0. The lowest BCUT2D eigenvalue weighted by Gasteiger charge is -2.33. The quantitative estimate of drug-likeness (QED) is 0.463. The molecule has 0 unspecified atom stereocenters. The van der Waals surface area contributed by atoms with Crippen molar-refractivity contribution in [3.63, 3.8) is 0 Å². The van der Waals surface area contributed by atoms with Crippen molar-refractivity contribution in [1.82, 2.24) is 0 Å². The molecule has 0 amide bonds. The summed E-state index contributed by atoms with van der Waals surface area (Å²) in [6.45, 7) is 15.7. The summed E-state index contributed by atoms with van der Waals surface area (Å²) in [4.78, 5) is 5.06. The van der Waals surface area contributed by atoms with Gasteiger partial charge in [0, 0.05) is 11.4 Å². The molecule has 4 rings (SSSR count). The predicted octanol–water partition coefficient (Wildman–Crippen LogP) is 7.43. The Balaban J connectivity index is 1.98. The van der Waals surface area contributed by atoms with Crippen LogP contribution in [0, 0.1) is 34.6 Å². The van der Waals surface area contributed by atoms with Gasteiger partial charge in [-0.1, -0.05) is 37.3 Å². The van der Waals surface area contributed by atoms with E-state index in [4.69, 9.17) is 0 Å². The normalized spacial score (nSPS) is 15.8. The molecule has 0 aromatic heterocycles. The highest BCUT2D eigenvalue weighted by Crippen LogP contribution is 2.50. The van der Waals surface area contributed by atoms with Crippen LogP contribution in [0.15, 0.2) is 48.5 Å². The summed E-state index contributed by atoms with van der Waals surface area (Å²) in [5.41, 5.74) is 13.4. The van der Waals surface area contributed by atoms with Crippen LogP contribution in [0.2, 0.25) is 0 Å². The standard InChI is InChI=1S/C27H32N2/c1-8-23-13-10-14-24(21(23)6)28-22(7)29(27-17(2)11-9-12-18(27)3)26-16-20(5)19(4)15-25(26)28/h9-16,22H,8H2,1-7H3/t22-/m1/s1. The number of para-hydroxylation sites is 1. The zero-order valence-corrected chi connectivity index (χ0v) is 18.8. The van der Waals surface area contributed by atoms with Crippen LogP contribution in [0.1, 0.15) is 47.2 Å². The third-order valence-corrected chi connectivity index (χ3v) is 6.60. The Morgan fingerprint density at radius 1 is 0.690 bits per heavy atom. The van der Waals surface area contributed by atoms with Gasteiger partial charge in [0.2, 0.25) is 0 Å². The van der Waals surface area contributed by atoms with E-state index in [-0.39, 0.29) is 6.17 Å². The van der Waals surface area contributed by atoms with Crippen LogP contribution in [-0.2, 0) is 6.42 Å². The number of hydrogen-bond acceptors (Lipinski definition) is 2. The summed E-state index contributed by atoms with van der Waals surface area (Å²) in [5.74, 6) is 0. The maximum absolute atomic E-state index is 2.53. The van der Waals surface area contributed by atoms with Gasteiger partial charge in [0.05, 0.1) is 11.4 Å². The maximum Gasteiger partial charge on any atom is 0.108 e. The molecule has 1 aliphatic heterocycles. The molecule has 2 heteroatoms. The van der Waals surface area contributed by atoms with Crippen molar-refractivity contribution >= 4 is 22.7 Å². The highest BCUT2D eigenvalue weighted by Gasteiger charge is 2.37. The Labute approximate surface area is 175 Å². The van der Waals surface area contributed by atoms with Gasteiger partial charge in [0.1, 0.15) is 6.17 Å². The Morgan fingerprint density at radius 2 is 1.24 bits per heavy atom. The van der Waals surface area contributed by atoms with Crippen molar-refractivity contribution in [3.05, 3.63) is 81.9 Å². The van der Waals surface area contributed by atoms with Crippen LogP contribution in [-0.4, -0.2) is 6.17 Å². The molecule has 2 nitrogen and oxygen atoms in total. The van der Waals surface area contributed by atoms with Gasteiger partial charge in [-0.15, -0.1) is 0 Å². The lowest BCUT2D eigenvalue weighted by molar-refractivity contribution is 0.755. The fourth-order valence-corrected chi connectivity index (χ4v) is 4.83. The van der Waals surface area contributed by atoms with E-state index in [0.717, 1.165) is 6.42 Å². The van der Waals surface area contributed by atoms with Crippen LogP contribution < -0.4 is 9.80 Å². The fraction of sp³-hybridized carbons (Fsp3) is 0.333. The van der Waals surface area contributed by atoms with Crippen molar-refractivity contribution in [2.24, 2.45) is 0 Å². The molecule has 0 fully saturated rings. The van der Waals surface area contributed by atoms with Crippen molar-refractivity contribution in [1.29, 1.82) is 0 Å². The molecule has 0 saturated heterocycles. The van der Waals surface area contributed by atoms with Crippen molar-refractivity contribution < 1.29 is 0 Å². The van der Waals surface area contributed by atoms with Gasteiger partial charge in [0.25, 0.3) is 0 Å². The molecule has 0 saturated carbocycles. The first-order valence-electron chi connectivity index (χ1n) is 10.7. The molecule has 0 bridgehead atoms. The molecular formula is C27H32N2. The average molecular weight is 385 g/mol. The number of hydrogen-bond donors (Lipinski definition) is 0. The van der Waals surface area contributed by atoms with E-state index in [1.807, 2.05) is 0 Å². The molecular weight excluding hydrogens is 352 g/mol. The Kier molecular flexibility index (Phi) is 4.90. The van der Waals surface area contributed by atoms with Crippen molar-refractivity contribution in [3.8, 4) is 0 Å². The summed E-state index contributed by atoms with van der Waals surface area (Å²) >= 11 is 0. The molecule has 150 valence electrons. The molecule has 0 spiro atoms. The lowest BCUT2D eigenvalue weighted by Crippen LogP contribution is -2.36. The zero-order chi connectivity index (χ0) is 20.9. The first-order chi connectivity index (χ1) is 13.8. The second-order valence-electron chi connectivity index (χ2n) is 8.45. The van der Waals surface area contributed by atoms with Crippen LogP contribution in [0.25, 0.3) is 0 Å². The number of aryl methyl sites for hydroxylation is 5. The first-order valence-corrected chi connectivity index (χ1v) is 10.7. The molecule has 3 aromatic rings. The van der Waals surface area contributed by atoms with Gasteiger partial charge in [-0.05, 0) is 99.5 Å². The zero-order valence-electron chi connectivity index (χ0n) is 18.8. The van der Waals surface area contributed by atoms with Crippen LogP contribution in [0.3, 0.4) is 0 Å². The smallest absolute Gasteiger partial charge is 0.108 e. The van der Waals surface area contributed by atoms with Gasteiger partial charge in [-0.25, -0.2) is 0 Å². The summed E-state index contributed by atoms with van der Waals surface area (Å²) in [7, 11) is 0. The van der Waals surface area contributed by atoms with Crippen LogP contribution in [0.5, 0.6) is 0 Å². The van der Waals surface area contributed by atoms with E-state index < -0.39 is 0 Å². The van der Waals surface area contributed by atoms with Crippen LogP contribution >= 0.6 is 0 Å². The van der Waals surface area contributed by atoms with Gasteiger partial charge >= 0.3 is 0 Å². The fourth-order valence-electron chi connectivity index (χ4n) is 4.83. The molecule has 0 aliphatic carbocycles. The van der Waals surface area contributed by atoms with E-state index in [1.54, 1.807) is 0 Å². The highest BCUT2D eigenvalue weighted by atomic mass is 15.4. The van der Waals surface area contributed by atoms with Gasteiger partial charge in [-0.3, -0.25) is 0 Å². The molecule has 1 heterocycles. The van der Waals surface area contributed by atoms with E-state index in [2.05, 4.69) is 107 Å². The number of anilines is 4. The third-order valence-electron chi connectivity index (χ3n) is 6.60. The number of benzene rings is 3. The largest absolute Gasteiger partial charge is 0.318 e. The maximum atomic E-state index is 2.53. The average Bonchev–Trinajstić information content (AvgIpc) is 2.94. The summed E-state index contributed by atoms with van der Waals surface area (Å²) in [6.07, 6.45) is 1.26. The lowest BCUT2D eigenvalue weighted by atomic mass is 10.0. The first kappa shape index (κ1) is 19.6. The highest BCUT2D eigenvalue weighted by molar-refractivity contribution is 5.91. The SMILES string of the molecule is CCc1cccc(N2c3cc(C)c(C)cc3N(c3c(C)cccc3C)[C@@H]2C)c1C. The van der Waals surface area contributed by atoms with E-state index in [0.29, 0.717) is 0 Å². The van der Waals surface area contributed by atoms with Crippen LogP contribution in [0.4, 0.5) is 22.7 Å². The molecule has 29 heavy (non-hydrogen) atoms. The minimum Gasteiger partial charge on any atom is -0.318 e. The minimum absolute atomic E-state index is 0.205. The second-order valence-corrected chi connectivity index (χ2v) is 8.45. The summed E-state index contributed by atoms with van der Waals surface area (Å²) in [6, 6.07) is 18.1. The van der Waals surface area contributed by atoms with Crippen molar-refractivity contribution in [2.75, 3.05) is 9.80 Å². The monoisotopic (exact) mass is 384 g/mol. The van der Waals surface area contributed by atoms with E-state index >= 15 is 0 Å². The molecule has 1 aliphatic rings. The number of nitrogens with zero attached hydrogens (tertiary/aromatic N) is 2. The van der Waals surface area contributed by atoms with Crippen molar-refractivity contribution in [2.45, 2.75) is 61.1 Å². The molecule has 1 atom stereocenters. The second kappa shape index (κ2) is 7.26. The minimum atomic E-state index is 0.205. The van der Waals surface area contributed by atoms with E-state index in [9.17, 15) is 0 Å². The topological polar surface area (TPSA) is 6.48 Å². The van der Waals surface area contributed by atoms with Gasteiger partial charge in [-0.2, -0.15) is 0 Å². The van der Waals surface area contributed by atoms with E-state index in [1.165, 1.54) is 56.1 Å². The predicted molar refractivity (Wildman–Crippen MR) is 126 cm³/mol. The molecule has 0 N–H and O–H groups in total. The number of rotatable bonds is 3. The summed E-state index contributed by atoms with van der Waals surface area (Å²) < 4.78 is 0. The third kappa shape index (κ3) is 3.02. The Bertz CT molecular complexity index is 1060. The van der Waals surface area contributed by atoms with Gasteiger partial charge in [0.15, 0.2) is 0 Å². The Hall–Kier alpha value is -2.74. The molecule has 3 aromatic carbocycles. The Morgan fingerprint density at radius 3 is 1.83 bits per heavy atom. The number of fused-ring (bicyclic) bond motifs is 1.